The van der Waals surface area contributed by atoms with Crippen molar-refractivity contribution >= 4 is 46.0 Å². The molecule has 0 radical (unpaired) electrons. The number of benzene rings is 2. The third-order valence-corrected chi connectivity index (χ3v) is 5.61. The van der Waals surface area contributed by atoms with Crippen molar-refractivity contribution in [2.75, 3.05) is 19.0 Å². The number of carbonyl (C=O) groups excluding carboxylic acids is 1. The average Bonchev–Trinajstić information content (AvgIpc) is 2.98. The Labute approximate surface area is 172 Å². The molecule has 0 aliphatic heterocycles. The lowest BCUT2D eigenvalue weighted by Gasteiger charge is -2.13. The van der Waals surface area contributed by atoms with Gasteiger partial charge in [0.05, 0.1) is 22.9 Å². The molecule has 1 heterocycles. The van der Waals surface area contributed by atoms with Gasteiger partial charge in [-0.3, -0.25) is 4.79 Å². The van der Waals surface area contributed by atoms with Crippen LogP contribution in [-0.4, -0.2) is 34.4 Å². The number of carbonyl (C=O) groups is 1. The fourth-order valence-electron chi connectivity index (χ4n) is 2.70. The molecule has 2 aromatic carbocycles. The Balaban J connectivity index is 1.80. The fourth-order valence-corrected chi connectivity index (χ4v) is 3.81. The number of aromatic nitrogens is 2. The standard InChI is InChI=1S/C20H21ClFN3O2S/c1-12-4-6-15(11-16(12)22)23-19(26)13(2)28-20-24-17-10-14(21)5-7-18(17)25(20)8-9-27-3/h4-7,10-11,13H,8-9H2,1-3H3,(H,23,26). The first-order chi connectivity index (χ1) is 13.4. The van der Waals surface area contributed by atoms with Gasteiger partial charge in [-0.25, -0.2) is 9.37 Å². The molecule has 0 saturated carbocycles. The molecule has 5 nitrogen and oxygen atoms in total. The summed E-state index contributed by atoms with van der Waals surface area (Å²) in [6.45, 7) is 4.59. The molecule has 0 fully saturated rings. The van der Waals surface area contributed by atoms with Crippen LogP contribution in [0.15, 0.2) is 41.6 Å². The summed E-state index contributed by atoms with van der Waals surface area (Å²) < 4.78 is 20.9. The van der Waals surface area contributed by atoms with Gasteiger partial charge in [-0.1, -0.05) is 29.4 Å². The predicted octanol–water partition coefficient (Wildman–Crippen LogP) is 4.90. The van der Waals surface area contributed by atoms with Gasteiger partial charge in [0.1, 0.15) is 5.82 Å². The van der Waals surface area contributed by atoms with Crippen LogP contribution in [0.25, 0.3) is 11.0 Å². The van der Waals surface area contributed by atoms with Crippen molar-refractivity contribution in [1.82, 2.24) is 9.55 Å². The third-order valence-electron chi connectivity index (χ3n) is 4.29. The number of nitrogens with one attached hydrogen (secondary N) is 1. The minimum absolute atomic E-state index is 0.225. The maximum atomic E-state index is 13.7. The molecule has 0 aliphatic rings. The molecule has 1 atom stereocenters. The van der Waals surface area contributed by atoms with Gasteiger partial charge in [0.2, 0.25) is 5.91 Å². The molecule has 0 spiro atoms. The van der Waals surface area contributed by atoms with E-state index < -0.39 is 5.25 Å². The summed E-state index contributed by atoms with van der Waals surface area (Å²) in [4.78, 5) is 17.2. The number of fused-ring (bicyclic) bond motifs is 1. The van der Waals surface area contributed by atoms with Gasteiger partial charge in [-0.15, -0.1) is 0 Å². The van der Waals surface area contributed by atoms with E-state index in [1.54, 1.807) is 39.2 Å². The van der Waals surface area contributed by atoms with Gasteiger partial charge in [-0.2, -0.15) is 0 Å². The van der Waals surface area contributed by atoms with Crippen molar-refractivity contribution in [1.29, 1.82) is 0 Å². The Morgan fingerprint density at radius 2 is 2.14 bits per heavy atom. The molecule has 0 bridgehead atoms. The lowest BCUT2D eigenvalue weighted by molar-refractivity contribution is -0.115. The molecule has 0 aliphatic carbocycles. The Kier molecular flexibility index (Phi) is 6.59. The highest BCUT2D eigenvalue weighted by atomic mass is 35.5. The summed E-state index contributed by atoms with van der Waals surface area (Å²) in [7, 11) is 1.64. The number of thioether (sulfide) groups is 1. The maximum Gasteiger partial charge on any atom is 0.237 e. The van der Waals surface area contributed by atoms with Crippen molar-refractivity contribution in [3.05, 3.63) is 52.8 Å². The Bertz CT molecular complexity index is 1010. The number of nitrogens with zero attached hydrogens (tertiary/aromatic N) is 2. The number of ether oxygens (including phenoxy) is 1. The molecule has 148 valence electrons. The zero-order valence-corrected chi connectivity index (χ0v) is 17.4. The topological polar surface area (TPSA) is 56.1 Å². The van der Waals surface area contributed by atoms with E-state index in [1.807, 2.05) is 16.7 Å². The van der Waals surface area contributed by atoms with E-state index in [4.69, 9.17) is 16.3 Å². The predicted molar refractivity (Wildman–Crippen MR) is 112 cm³/mol. The van der Waals surface area contributed by atoms with Crippen LogP contribution in [0.3, 0.4) is 0 Å². The van der Waals surface area contributed by atoms with E-state index in [2.05, 4.69) is 10.3 Å². The maximum absolute atomic E-state index is 13.7. The Morgan fingerprint density at radius 1 is 1.36 bits per heavy atom. The van der Waals surface area contributed by atoms with Gasteiger partial charge in [0.15, 0.2) is 5.16 Å². The largest absolute Gasteiger partial charge is 0.383 e. The van der Waals surface area contributed by atoms with Gasteiger partial charge in [-0.05, 0) is 49.7 Å². The molecule has 1 N–H and O–H groups in total. The number of anilines is 1. The summed E-state index contributed by atoms with van der Waals surface area (Å²) in [6, 6.07) is 10.2. The van der Waals surface area contributed by atoms with Gasteiger partial charge in [0, 0.05) is 24.4 Å². The highest BCUT2D eigenvalue weighted by Crippen LogP contribution is 2.29. The molecule has 0 saturated heterocycles. The number of aryl methyl sites for hydroxylation is 1. The van der Waals surface area contributed by atoms with Gasteiger partial charge >= 0.3 is 0 Å². The second-order valence-electron chi connectivity index (χ2n) is 6.39. The van der Waals surface area contributed by atoms with E-state index in [9.17, 15) is 9.18 Å². The molecule has 1 aromatic heterocycles. The van der Waals surface area contributed by atoms with Crippen molar-refractivity contribution in [2.45, 2.75) is 30.8 Å². The molecular weight excluding hydrogens is 401 g/mol. The Hall–Kier alpha value is -2.09. The third kappa shape index (κ3) is 4.66. The lowest BCUT2D eigenvalue weighted by Crippen LogP contribution is -2.23. The second kappa shape index (κ2) is 8.94. The molecule has 1 unspecified atom stereocenters. The summed E-state index contributed by atoms with van der Waals surface area (Å²) in [5.74, 6) is -0.576. The molecule has 1 amide bonds. The number of imidazole rings is 1. The quantitative estimate of drug-likeness (QED) is 0.551. The highest BCUT2D eigenvalue weighted by Gasteiger charge is 2.20. The zero-order chi connectivity index (χ0) is 20.3. The van der Waals surface area contributed by atoms with Crippen LogP contribution in [0, 0.1) is 12.7 Å². The van der Waals surface area contributed by atoms with E-state index in [0.29, 0.717) is 34.6 Å². The van der Waals surface area contributed by atoms with Crippen molar-refractivity contribution in [2.24, 2.45) is 0 Å². The van der Waals surface area contributed by atoms with Crippen LogP contribution >= 0.6 is 23.4 Å². The summed E-state index contributed by atoms with van der Waals surface area (Å²) in [6.07, 6.45) is 0. The van der Waals surface area contributed by atoms with Crippen LogP contribution < -0.4 is 5.32 Å². The zero-order valence-electron chi connectivity index (χ0n) is 15.8. The average molecular weight is 422 g/mol. The molecule has 3 rings (SSSR count). The first-order valence-electron chi connectivity index (χ1n) is 8.77. The molecular formula is C20H21ClFN3O2S. The lowest BCUT2D eigenvalue weighted by atomic mass is 10.2. The number of hydrogen-bond acceptors (Lipinski definition) is 4. The smallest absolute Gasteiger partial charge is 0.237 e. The molecule has 28 heavy (non-hydrogen) atoms. The van der Waals surface area contributed by atoms with Crippen LogP contribution in [0.2, 0.25) is 5.02 Å². The summed E-state index contributed by atoms with van der Waals surface area (Å²) >= 11 is 7.41. The van der Waals surface area contributed by atoms with Crippen molar-refractivity contribution < 1.29 is 13.9 Å². The van der Waals surface area contributed by atoms with Crippen LogP contribution in [0.4, 0.5) is 10.1 Å². The fraction of sp³-hybridized carbons (Fsp3) is 0.300. The minimum atomic E-state index is -0.432. The van der Waals surface area contributed by atoms with E-state index >= 15 is 0 Å². The minimum Gasteiger partial charge on any atom is -0.383 e. The summed E-state index contributed by atoms with van der Waals surface area (Å²) in [5, 5.41) is 3.63. The van der Waals surface area contributed by atoms with E-state index in [1.165, 1.54) is 17.8 Å². The van der Waals surface area contributed by atoms with E-state index in [0.717, 1.165) is 11.0 Å². The van der Waals surface area contributed by atoms with Crippen molar-refractivity contribution in [3.63, 3.8) is 0 Å². The summed E-state index contributed by atoms with van der Waals surface area (Å²) in [5.41, 5.74) is 2.66. The Morgan fingerprint density at radius 3 is 2.86 bits per heavy atom. The normalized spacial score (nSPS) is 12.3. The number of hydrogen-bond donors (Lipinski definition) is 1. The highest BCUT2D eigenvalue weighted by molar-refractivity contribution is 8.00. The van der Waals surface area contributed by atoms with E-state index in [-0.39, 0.29) is 11.7 Å². The number of methoxy groups -OCH3 is 1. The monoisotopic (exact) mass is 421 g/mol. The van der Waals surface area contributed by atoms with Gasteiger partial charge in [0.25, 0.3) is 0 Å². The van der Waals surface area contributed by atoms with Crippen LogP contribution in [0.1, 0.15) is 12.5 Å². The van der Waals surface area contributed by atoms with Crippen molar-refractivity contribution in [3.8, 4) is 0 Å². The number of halogens is 2. The van der Waals surface area contributed by atoms with Crippen LogP contribution in [-0.2, 0) is 16.1 Å². The SMILES string of the molecule is COCCn1c(SC(C)C(=O)Nc2ccc(C)c(F)c2)nc2cc(Cl)ccc21. The first kappa shape index (κ1) is 20.6. The second-order valence-corrected chi connectivity index (χ2v) is 8.13. The molecule has 3 aromatic rings. The van der Waals surface area contributed by atoms with Crippen LogP contribution in [0.5, 0.6) is 0 Å². The number of amides is 1. The first-order valence-corrected chi connectivity index (χ1v) is 10.0. The molecule has 8 heteroatoms. The number of rotatable bonds is 7. The van der Waals surface area contributed by atoms with Gasteiger partial charge < -0.3 is 14.6 Å².